The molecule has 0 saturated heterocycles. The first-order chi connectivity index (χ1) is 5.99. The van der Waals surface area contributed by atoms with Gasteiger partial charge in [-0.1, -0.05) is 20.8 Å². The molecule has 0 aromatic heterocycles. The van der Waals surface area contributed by atoms with Crippen LogP contribution in [0, 0.1) is 11.3 Å². The lowest BCUT2D eigenvalue weighted by molar-refractivity contribution is -0.112. The van der Waals surface area contributed by atoms with E-state index < -0.39 is 0 Å². The van der Waals surface area contributed by atoms with Gasteiger partial charge in [0.2, 0.25) is 0 Å². The van der Waals surface area contributed by atoms with E-state index in [1.165, 1.54) is 0 Å². The predicted octanol–water partition coefficient (Wildman–Crippen LogP) is 2.24. The van der Waals surface area contributed by atoms with E-state index in [0.717, 1.165) is 32.1 Å². The smallest absolute Gasteiger partial charge is 0.123 e. The highest BCUT2D eigenvalue weighted by molar-refractivity contribution is 5.53. The first-order valence-electron chi connectivity index (χ1n) is 5.09. The first-order valence-corrected chi connectivity index (χ1v) is 5.09. The third-order valence-electron chi connectivity index (χ3n) is 2.07. The molecular weight excluding hydrogens is 162 g/mol. The van der Waals surface area contributed by atoms with Crippen LogP contribution >= 0.6 is 0 Å². The predicted molar refractivity (Wildman–Crippen MR) is 56.8 cm³/mol. The number of hydrogen-bond donors (Lipinski definition) is 1. The van der Waals surface area contributed by atoms with Crippen LogP contribution in [0.5, 0.6) is 0 Å². The van der Waals surface area contributed by atoms with Crippen LogP contribution < -0.4 is 5.32 Å². The summed E-state index contributed by atoms with van der Waals surface area (Å²) in [5, 5.41) is 3.09. The fourth-order valence-corrected chi connectivity index (χ4v) is 1.55. The highest BCUT2D eigenvalue weighted by Gasteiger charge is 2.17. The van der Waals surface area contributed by atoms with Crippen molar-refractivity contribution in [2.24, 2.45) is 11.3 Å². The van der Waals surface area contributed by atoms with Gasteiger partial charge in [0, 0.05) is 5.92 Å². The molecule has 78 valence electrons. The van der Waals surface area contributed by atoms with Crippen LogP contribution in [-0.4, -0.2) is 19.9 Å². The van der Waals surface area contributed by atoms with E-state index in [1.807, 2.05) is 7.05 Å². The largest absolute Gasteiger partial charge is 0.320 e. The average Bonchev–Trinajstić information content (AvgIpc) is 2.01. The van der Waals surface area contributed by atoms with Gasteiger partial charge in [-0.2, -0.15) is 0 Å². The Labute approximate surface area is 82.1 Å². The highest BCUT2D eigenvalue weighted by Crippen LogP contribution is 2.25. The van der Waals surface area contributed by atoms with Crippen LogP contribution in [0.3, 0.4) is 0 Å². The van der Waals surface area contributed by atoms with Crippen LogP contribution in [0.15, 0.2) is 0 Å². The second-order valence-corrected chi connectivity index (χ2v) is 4.91. The summed E-state index contributed by atoms with van der Waals surface area (Å²) >= 11 is 0. The summed E-state index contributed by atoms with van der Waals surface area (Å²) in [4.78, 5) is 10.8. The molecule has 0 aliphatic heterocycles. The van der Waals surface area contributed by atoms with Gasteiger partial charge < -0.3 is 10.1 Å². The number of carbonyl (C=O) groups excluding carboxylic acids is 1. The number of nitrogens with one attached hydrogen (secondary N) is 1. The lowest BCUT2D eigenvalue weighted by Gasteiger charge is -2.22. The number of carbonyl (C=O) groups is 1. The zero-order chi connectivity index (χ0) is 10.3. The summed E-state index contributed by atoms with van der Waals surface area (Å²) in [7, 11) is 1.94. The minimum Gasteiger partial charge on any atom is -0.320 e. The Bertz CT molecular complexity index is 138. The Morgan fingerprint density at radius 2 is 2.00 bits per heavy atom. The van der Waals surface area contributed by atoms with Crippen LogP contribution in [-0.2, 0) is 4.79 Å². The Hall–Kier alpha value is -0.370. The Balaban J connectivity index is 3.70. The van der Waals surface area contributed by atoms with Gasteiger partial charge in [0.25, 0.3) is 0 Å². The van der Waals surface area contributed by atoms with E-state index in [1.54, 1.807) is 0 Å². The van der Waals surface area contributed by atoms with E-state index in [4.69, 9.17) is 0 Å². The van der Waals surface area contributed by atoms with Crippen molar-refractivity contribution in [2.45, 2.75) is 40.0 Å². The molecule has 0 fully saturated rings. The molecule has 1 atom stereocenters. The molecule has 0 heterocycles. The molecule has 1 unspecified atom stereocenters. The molecule has 0 aromatic carbocycles. The van der Waals surface area contributed by atoms with E-state index in [-0.39, 0.29) is 11.3 Å². The lowest BCUT2D eigenvalue weighted by atomic mass is 9.83. The van der Waals surface area contributed by atoms with Gasteiger partial charge in [-0.25, -0.2) is 0 Å². The van der Waals surface area contributed by atoms with E-state index in [9.17, 15) is 4.79 Å². The minimum atomic E-state index is 0.244. The third kappa shape index (κ3) is 7.97. The number of rotatable bonds is 6. The maximum atomic E-state index is 10.8. The summed E-state index contributed by atoms with van der Waals surface area (Å²) in [5.41, 5.74) is 0.269. The molecule has 2 heteroatoms. The molecule has 0 aromatic rings. The van der Waals surface area contributed by atoms with Crippen molar-refractivity contribution in [3.05, 3.63) is 0 Å². The van der Waals surface area contributed by atoms with Crippen molar-refractivity contribution in [3.8, 4) is 0 Å². The van der Waals surface area contributed by atoms with Crippen LogP contribution in [0.4, 0.5) is 0 Å². The van der Waals surface area contributed by atoms with Gasteiger partial charge in [-0.05, 0) is 38.3 Å². The second-order valence-electron chi connectivity index (χ2n) is 4.91. The molecule has 0 rings (SSSR count). The Morgan fingerprint density at radius 1 is 1.38 bits per heavy atom. The van der Waals surface area contributed by atoms with Gasteiger partial charge >= 0.3 is 0 Å². The molecule has 1 N–H and O–H groups in total. The summed E-state index contributed by atoms with van der Waals surface area (Å²) in [5.74, 6) is 0.244. The van der Waals surface area contributed by atoms with Crippen LogP contribution in [0.1, 0.15) is 40.0 Å². The van der Waals surface area contributed by atoms with Gasteiger partial charge in [0.15, 0.2) is 0 Å². The van der Waals surface area contributed by atoms with Gasteiger partial charge in [0.1, 0.15) is 6.29 Å². The summed E-state index contributed by atoms with van der Waals surface area (Å²) < 4.78 is 0. The Morgan fingerprint density at radius 3 is 2.38 bits per heavy atom. The molecule has 0 aliphatic rings. The van der Waals surface area contributed by atoms with Crippen molar-refractivity contribution in [1.82, 2.24) is 5.32 Å². The standard InChI is InChI=1S/C11H23NO/c1-11(2,3)8-10(9-13)6-5-7-12-4/h9-10,12H,5-8H2,1-4H3. The maximum Gasteiger partial charge on any atom is 0.123 e. The van der Waals surface area contributed by atoms with E-state index >= 15 is 0 Å². The molecule has 2 nitrogen and oxygen atoms in total. The van der Waals surface area contributed by atoms with Gasteiger partial charge in [-0.3, -0.25) is 0 Å². The van der Waals surface area contributed by atoms with Crippen LogP contribution in [0.25, 0.3) is 0 Å². The fraction of sp³-hybridized carbons (Fsp3) is 0.909. The SMILES string of the molecule is CNCCCC(C=O)CC(C)(C)C. The zero-order valence-electron chi connectivity index (χ0n) is 9.39. The van der Waals surface area contributed by atoms with Crippen molar-refractivity contribution in [2.75, 3.05) is 13.6 Å². The summed E-state index contributed by atoms with van der Waals surface area (Å²) in [6.45, 7) is 7.55. The van der Waals surface area contributed by atoms with Gasteiger partial charge in [0.05, 0.1) is 0 Å². The monoisotopic (exact) mass is 185 g/mol. The summed E-state index contributed by atoms with van der Waals surface area (Å²) in [6, 6.07) is 0. The maximum absolute atomic E-state index is 10.8. The molecule has 13 heavy (non-hydrogen) atoms. The average molecular weight is 185 g/mol. The zero-order valence-corrected chi connectivity index (χ0v) is 9.39. The number of aldehydes is 1. The van der Waals surface area contributed by atoms with Crippen LogP contribution in [0.2, 0.25) is 0 Å². The Kier molecular flexibility index (Phi) is 5.97. The van der Waals surface area contributed by atoms with Crippen molar-refractivity contribution < 1.29 is 4.79 Å². The molecule has 0 bridgehead atoms. The second kappa shape index (κ2) is 6.14. The van der Waals surface area contributed by atoms with Crippen molar-refractivity contribution in [3.63, 3.8) is 0 Å². The number of hydrogen-bond acceptors (Lipinski definition) is 2. The molecule has 0 aliphatic carbocycles. The third-order valence-corrected chi connectivity index (χ3v) is 2.07. The normalized spacial score (nSPS) is 14.2. The molecule has 0 saturated carbocycles. The topological polar surface area (TPSA) is 29.1 Å². The molecule has 0 spiro atoms. The van der Waals surface area contributed by atoms with E-state index in [2.05, 4.69) is 26.1 Å². The lowest BCUT2D eigenvalue weighted by Crippen LogP contribution is -2.16. The minimum absolute atomic E-state index is 0.244. The van der Waals surface area contributed by atoms with E-state index in [0.29, 0.717) is 0 Å². The molecule has 0 radical (unpaired) electrons. The first kappa shape index (κ1) is 12.6. The summed E-state index contributed by atoms with van der Waals surface area (Å²) in [6.07, 6.45) is 4.22. The molecule has 0 amide bonds. The molecular formula is C11H23NO. The quantitative estimate of drug-likeness (QED) is 0.508. The van der Waals surface area contributed by atoms with Crippen molar-refractivity contribution >= 4 is 6.29 Å². The highest BCUT2D eigenvalue weighted by atomic mass is 16.1. The fourth-order valence-electron chi connectivity index (χ4n) is 1.55. The van der Waals surface area contributed by atoms with Gasteiger partial charge in [-0.15, -0.1) is 0 Å². The van der Waals surface area contributed by atoms with Crippen molar-refractivity contribution in [1.29, 1.82) is 0 Å².